The Balaban J connectivity index is 5.35. The first-order valence-electron chi connectivity index (χ1n) is 5.76. The average molecular weight is 244 g/mol. The van der Waals surface area contributed by atoms with Crippen LogP contribution in [-0.2, 0) is 19.1 Å². The lowest BCUT2D eigenvalue weighted by molar-refractivity contribution is -0.168. The number of hydrogen-bond acceptors (Lipinski definition) is 4. The minimum atomic E-state index is -1.58. The topological polar surface area (TPSA) is 80.7 Å². The second-order valence-corrected chi connectivity index (χ2v) is 4.39. The van der Waals surface area contributed by atoms with Crippen molar-refractivity contribution in [2.45, 2.75) is 40.5 Å². The van der Waals surface area contributed by atoms with Gasteiger partial charge in [0.05, 0.1) is 6.61 Å². The van der Waals surface area contributed by atoms with Crippen molar-refractivity contribution >= 4 is 17.7 Å². The van der Waals surface area contributed by atoms with E-state index in [9.17, 15) is 14.4 Å². The molecule has 5 heteroatoms. The highest BCUT2D eigenvalue weighted by molar-refractivity contribution is 6.39. The van der Waals surface area contributed by atoms with Gasteiger partial charge in [0, 0.05) is 0 Å². The van der Waals surface area contributed by atoms with Gasteiger partial charge in [-0.05, 0) is 25.7 Å². The molecule has 98 valence electrons. The highest BCUT2D eigenvalue weighted by Gasteiger charge is 2.48. The Morgan fingerprint density at radius 1 is 1.24 bits per heavy atom. The number of rotatable bonds is 7. The molecule has 0 aliphatic rings. The van der Waals surface area contributed by atoms with Crippen molar-refractivity contribution in [1.29, 1.82) is 0 Å². The first kappa shape index (κ1) is 15.6. The van der Waals surface area contributed by atoms with Crippen LogP contribution in [0.2, 0.25) is 0 Å². The third-order valence-corrected chi connectivity index (χ3v) is 2.66. The fourth-order valence-corrected chi connectivity index (χ4v) is 1.89. The van der Waals surface area contributed by atoms with Crippen molar-refractivity contribution in [1.82, 2.24) is 0 Å². The number of hydrogen-bond donors (Lipinski definition) is 1. The normalized spacial score (nSPS) is 14.2. The SMILES string of the molecule is CCOC(=O)C(CC)(CC(C)C)C(=O)C(=O)O. The first-order valence-corrected chi connectivity index (χ1v) is 5.76. The minimum absolute atomic E-state index is 0.0302. The molecule has 0 saturated carbocycles. The molecular weight excluding hydrogens is 224 g/mol. The second-order valence-electron chi connectivity index (χ2n) is 4.39. The summed E-state index contributed by atoms with van der Waals surface area (Å²) in [5.41, 5.74) is -1.55. The van der Waals surface area contributed by atoms with E-state index in [0.29, 0.717) is 0 Å². The van der Waals surface area contributed by atoms with Crippen LogP contribution in [0, 0.1) is 11.3 Å². The van der Waals surface area contributed by atoms with Crippen LogP contribution >= 0.6 is 0 Å². The van der Waals surface area contributed by atoms with Crippen LogP contribution in [0.1, 0.15) is 40.5 Å². The Bertz CT molecular complexity index is 308. The second kappa shape index (κ2) is 6.37. The van der Waals surface area contributed by atoms with Gasteiger partial charge < -0.3 is 9.84 Å². The molecule has 0 aromatic rings. The van der Waals surface area contributed by atoms with E-state index in [2.05, 4.69) is 0 Å². The third kappa shape index (κ3) is 3.54. The number of carbonyl (C=O) groups is 3. The number of carbonyl (C=O) groups excluding carboxylic acids is 2. The van der Waals surface area contributed by atoms with E-state index >= 15 is 0 Å². The summed E-state index contributed by atoms with van der Waals surface area (Å²) in [6.45, 7) is 7.04. The maximum atomic E-state index is 11.9. The molecule has 0 rings (SSSR count). The standard InChI is InChI=1S/C12H20O5/c1-5-12(7-8(3)4,9(13)10(14)15)11(16)17-6-2/h8H,5-7H2,1-4H3,(H,14,15). The lowest BCUT2D eigenvalue weighted by Gasteiger charge is -2.28. The molecule has 1 N–H and O–H groups in total. The van der Waals surface area contributed by atoms with Gasteiger partial charge in [-0.2, -0.15) is 0 Å². The van der Waals surface area contributed by atoms with Gasteiger partial charge in [-0.3, -0.25) is 9.59 Å². The summed E-state index contributed by atoms with van der Waals surface area (Å²) in [4.78, 5) is 34.5. The van der Waals surface area contributed by atoms with E-state index in [0.717, 1.165) is 0 Å². The van der Waals surface area contributed by atoms with E-state index in [1.807, 2.05) is 13.8 Å². The number of ether oxygens (including phenoxy) is 1. The molecule has 0 fully saturated rings. The molecule has 0 aliphatic carbocycles. The Kier molecular flexibility index (Phi) is 5.85. The molecule has 0 aliphatic heterocycles. The summed E-state index contributed by atoms with van der Waals surface area (Å²) in [5.74, 6) is -3.36. The smallest absolute Gasteiger partial charge is 0.373 e. The Hall–Kier alpha value is -1.39. The molecule has 0 spiro atoms. The Morgan fingerprint density at radius 3 is 2.06 bits per heavy atom. The van der Waals surface area contributed by atoms with Crippen molar-refractivity contribution in [3.63, 3.8) is 0 Å². The summed E-state index contributed by atoms with van der Waals surface area (Å²) in [6, 6.07) is 0. The van der Waals surface area contributed by atoms with Crippen LogP contribution in [0.15, 0.2) is 0 Å². The summed E-state index contributed by atoms with van der Waals surface area (Å²) in [6.07, 6.45) is 0.322. The highest BCUT2D eigenvalue weighted by atomic mass is 16.5. The van der Waals surface area contributed by atoms with Crippen molar-refractivity contribution in [2.24, 2.45) is 11.3 Å². The van der Waals surface area contributed by atoms with E-state index in [1.165, 1.54) is 0 Å². The van der Waals surface area contributed by atoms with E-state index in [1.54, 1.807) is 13.8 Å². The van der Waals surface area contributed by atoms with Gasteiger partial charge in [-0.15, -0.1) is 0 Å². The van der Waals surface area contributed by atoms with Crippen molar-refractivity contribution < 1.29 is 24.2 Å². The molecular formula is C12H20O5. The molecule has 1 unspecified atom stereocenters. The quantitative estimate of drug-likeness (QED) is 0.418. The van der Waals surface area contributed by atoms with Crippen LogP contribution < -0.4 is 0 Å². The largest absolute Gasteiger partial charge is 0.475 e. The monoisotopic (exact) mass is 244 g/mol. The lowest BCUT2D eigenvalue weighted by atomic mass is 9.74. The van der Waals surface area contributed by atoms with Gasteiger partial charge in [-0.25, -0.2) is 4.79 Å². The number of carboxylic acid groups (broad SMARTS) is 1. The molecule has 0 aromatic carbocycles. The first-order chi connectivity index (χ1) is 7.81. The van der Waals surface area contributed by atoms with Gasteiger partial charge in [0.1, 0.15) is 5.41 Å². The van der Waals surface area contributed by atoms with E-state index in [-0.39, 0.29) is 25.4 Å². The van der Waals surface area contributed by atoms with Crippen LogP contribution in [0.5, 0.6) is 0 Å². The van der Waals surface area contributed by atoms with Crippen LogP contribution in [0.3, 0.4) is 0 Å². The lowest BCUT2D eigenvalue weighted by Crippen LogP contribution is -2.45. The van der Waals surface area contributed by atoms with Gasteiger partial charge in [0.25, 0.3) is 5.78 Å². The maximum absolute atomic E-state index is 11.9. The Morgan fingerprint density at radius 2 is 1.76 bits per heavy atom. The predicted octanol–water partition coefficient (Wildman–Crippen LogP) is 1.65. The number of ketones is 1. The average Bonchev–Trinajstić information content (AvgIpc) is 2.24. The number of Topliss-reactive ketones (excluding diaryl/α,β-unsaturated/α-hetero) is 1. The number of carboxylic acids is 1. The molecule has 0 heterocycles. The van der Waals surface area contributed by atoms with Gasteiger partial charge in [0.15, 0.2) is 0 Å². The zero-order chi connectivity index (χ0) is 13.6. The van der Waals surface area contributed by atoms with Crippen molar-refractivity contribution in [2.75, 3.05) is 6.61 Å². The van der Waals surface area contributed by atoms with Crippen molar-refractivity contribution in [3.05, 3.63) is 0 Å². The molecule has 17 heavy (non-hydrogen) atoms. The highest BCUT2D eigenvalue weighted by Crippen LogP contribution is 2.33. The summed E-state index contributed by atoms with van der Waals surface area (Å²) in [5, 5.41) is 8.82. The molecule has 0 amide bonds. The summed E-state index contributed by atoms with van der Waals surface area (Å²) < 4.78 is 4.85. The van der Waals surface area contributed by atoms with Crippen molar-refractivity contribution in [3.8, 4) is 0 Å². The van der Waals surface area contributed by atoms with Crippen LogP contribution in [-0.4, -0.2) is 29.4 Å². The molecule has 0 saturated heterocycles. The van der Waals surface area contributed by atoms with E-state index < -0.39 is 23.1 Å². The summed E-state index contributed by atoms with van der Waals surface area (Å²) in [7, 11) is 0. The third-order valence-electron chi connectivity index (χ3n) is 2.66. The molecule has 5 nitrogen and oxygen atoms in total. The van der Waals surface area contributed by atoms with Crippen LogP contribution in [0.4, 0.5) is 0 Å². The summed E-state index contributed by atoms with van der Waals surface area (Å²) >= 11 is 0. The zero-order valence-corrected chi connectivity index (χ0v) is 10.8. The number of aliphatic carboxylic acids is 1. The molecule has 0 aromatic heterocycles. The maximum Gasteiger partial charge on any atom is 0.373 e. The Labute approximate surface area is 101 Å². The minimum Gasteiger partial charge on any atom is -0.475 e. The molecule has 0 radical (unpaired) electrons. The van der Waals surface area contributed by atoms with Crippen LogP contribution in [0.25, 0.3) is 0 Å². The zero-order valence-electron chi connectivity index (χ0n) is 10.8. The van der Waals surface area contributed by atoms with E-state index in [4.69, 9.17) is 9.84 Å². The van der Waals surface area contributed by atoms with Gasteiger partial charge in [0.2, 0.25) is 0 Å². The number of esters is 1. The van der Waals surface area contributed by atoms with Gasteiger partial charge >= 0.3 is 11.9 Å². The molecule has 0 bridgehead atoms. The van der Waals surface area contributed by atoms with Gasteiger partial charge in [-0.1, -0.05) is 20.8 Å². The predicted molar refractivity (Wildman–Crippen MR) is 61.5 cm³/mol. The fourth-order valence-electron chi connectivity index (χ4n) is 1.89. The fraction of sp³-hybridized carbons (Fsp3) is 0.750. The molecule has 1 atom stereocenters.